The third-order valence-electron chi connectivity index (χ3n) is 3.78. The van der Waals surface area contributed by atoms with E-state index in [1.807, 2.05) is 0 Å². The Morgan fingerprint density at radius 3 is 2.58 bits per heavy atom. The molecule has 0 heterocycles. The van der Waals surface area contributed by atoms with Crippen molar-refractivity contribution in [1.29, 1.82) is 0 Å². The lowest BCUT2D eigenvalue weighted by molar-refractivity contribution is 0.336. The van der Waals surface area contributed by atoms with Crippen LogP contribution in [0.4, 0.5) is 10.1 Å². The van der Waals surface area contributed by atoms with Crippen LogP contribution in [0.2, 0.25) is 0 Å². The van der Waals surface area contributed by atoms with Crippen molar-refractivity contribution in [3.8, 4) is 0 Å². The summed E-state index contributed by atoms with van der Waals surface area (Å²) in [6.45, 7) is 2.49. The molecule has 19 heavy (non-hydrogen) atoms. The Bertz CT molecular complexity index is 566. The molecule has 1 saturated carbocycles. The first-order valence-corrected chi connectivity index (χ1v) is 7.85. The largest absolute Gasteiger partial charge is 0.396 e. The molecule has 0 aromatic heterocycles. The molecule has 2 rings (SSSR count). The van der Waals surface area contributed by atoms with E-state index in [4.69, 9.17) is 5.73 Å². The molecule has 0 bridgehead atoms. The molecule has 1 aromatic carbocycles. The van der Waals surface area contributed by atoms with Crippen LogP contribution in [0, 0.1) is 11.2 Å². The van der Waals surface area contributed by atoms with E-state index < -0.39 is 15.8 Å². The summed E-state index contributed by atoms with van der Waals surface area (Å²) in [6.07, 6.45) is 4.34. The summed E-state index contributed by atoms with van der Waals surface area (Å²) in [5, 5.41) is 0. The molecular formula is C13H19FN2O2S. The molecule has 1 aliphatic rings. The zero-order valence-electron chi connectivity index (χ0n) is 10.9. The van der Waals surface area contributed by atoms with Crippen molar-refractivity contribution in [2.24, 2.45) is 5.41 Å². The first-order valence-electron chi connectivity index (χ1n) is 6.37. The van der Waals surface area contributed by atoms with Crippen molar-refractivity contribution >= 4 is 15.7 Å². The van der Waals surface area contributed by atoms with Gasteiger partial charge in [-0.05, 0) is 36.5 Å². The predicted octanol–water partition coefficient (Wildman–Crippen LogP) is 2.27. The van der Waals surface area contributed by atoms with Crippen LogP contribution >= 0.6 is 0 Å². The van der Waals surface area contributed by atoms with Crippen LogP contribution in [-0.2, 0) is 10.0 Å². The van der Waals surface area contributed by atoms with E-state index in [-0.39, 0.29) is 16.0 Å². The normalized spacial score (nSPS) is 18.6. The lowest BCUT2D eigenvalue weighted by atomic mass is 9.89. The number of hydrogen-bond donors (Lipinski definition) is 2. The maximum Gasteiger partial charge on any atom is 0.240 e. The number of rotatable bonds is 4. The summed E-state index contributed by atoms with van der Waals surface area (Å²) < 4.78 is 39.8. The SMILES string of the molecule is CC1(CNS(=O)(=O)c2ccc(F)c(N)c2)CCCC1. The van der Waals surface area contributed by atoms with Crippen LogP contribution in [0.25, 0.3) is 0 Å². The molecule has 1 aliphatic carbocycles. The number of halogens is 1. The summed E-state index contributed by atoms with van der Waals surface area (Å²) >= 11 is 0. The topological polar surface area (TPSA) is 72.2 Å². The van der Waals surface area contributed by atoms with E-state index in [2.05, 4.69) is 11.6 Å². The van der Waals surface area contributed by atoms with E-state index in [9.17, 15) is 12.8 Å². The fourth-order valence-electron chi connectivity index (χ4n) is 2.45. The number of hydrogen-bond acceptors (Lipinski definition) is 3. The summed E-state index contributed by atoms with van der Waals surface area (Å²) in [6, 6.07) is 3.45. The molecule has 0 spiro atoms. The highest BCUT2D eigenvalue weighted by atomic mass is 32.2. The van der Waals surface area contributed by atoms with E-state index in [0.29, 0.717) is 6.54 Å². The Kier molecular flexibility index (Phi) is 3.82. The lowest BCUT2D eigenvalue weighted by Gasteiger charge is -2.23. The number of sulfonamides is 1. The Morgan fingerprint density at radius 1 is 1.37 bits per heavy atom. The Labute approximate surface area is 113 Å². The minimum Gasteiger partial charge on any atom is -0.396 e. The zero-order chi connectivity index (χ0) is 14.1. The minimum atomic E-state index is -3.62. The Balaban J connectivity index is 2.11. The van der Waals surface area contributed by atoms with Crippen molar-refractivity contribution in [3.05, 3.63) is 24.0 Å². The van der Waals surface area contributed by atoms with Crippen molar-refractivity contribution in [3.63, 3.8) is 0 Å². The highest BCUT2D eigenvalue weighted by Crippen LogP contribution is 2.37. The van der Waals surface area contributed by atoms with Gasteiger partial charge in [-0.15, -0.1) is 0 Å². The van der Waals surface area contributed by atoms with Crippen LogP contribution in [0.1, 0.15) is 32.6 Å². The molecule has 106 valence electrons. The molecule has 1 fully saturated rings. The van der Waals surface area contributed by atoms with Crippen molar-refractivity contribution in [2.75, 3.05) is 12.3 Å². The average molecular weight is 286 g/mol. The predicted molar refractivity (Wildman–Crippen MR) is 72.6 cm³/mol. The second-order valence-corrected chi connectivity index (χ2v) is 7.29. The van der Waals surface area contributed by atoms with Gasteiger partial charge in [-0.3, -0.25) is 0 Å². The summed E-state index contributed by atoms with van der Waals surface area (Å²) in [5.74, 6) is -0.610. The van der Waals surface area contributed by atoms with Gasteiger partial charge < -0.3 is 5.73 Å². The molecule has 4 nitrogen and oxygen atoms in total. The van der Waals surface area contributed by atoms with Gasteiger partial charge in [0.2, 0.25) is 10.0 Å². The molecule has 0 amide bonds. The first-order chi connectivity index (χ1) is 8.82. The number of anilines is 1. The summed E-state index contributed by atoms with van der Waals surface area (Å²) in [4.78, 5) is 0.00740. The van der Waals surface area contributed by atoms with Crippen molar-refractivity contribution < 1.29 is 12.8 Å². The molecule has 0 saturated heterocycles. The molecular weight excluding hydrogens is 267 g/mol. The number of benzene rings is 1. The second kappa shape index (κ2) is 5.09. The van der Waals surface area contributed by atoms with Gasteiger partial charge in [0.25, 0.3) is 0 Å². The standard InChI is InChI=1S/C13H19FN2O2S/c1-13(6-2-3-7-13)9-16-19(17,18)10-4-5-11(14)12(15)8-10/h4-5,8,16H,2-3,6-7,9,15H2,1H3. The molecule has 0 radical (unpaired) electrons. The smallest absolute Gasteiger partial charge is 0.240 e. The van der Waals surface area contributed by atoms with E-state index in [0.717, 1.165) is 37.8 Å². The fourth-order valence-corrected chi connectivity index (χ4v) is 3.68. The Morgan fingerprint density at radius 2 is 2.00 bits per heavy atom. The fraction of sp³-hybridized carbons (Fsp3) is 0.538. The van der Waals surface area contributed by atoms with E-state index in [1.54, 1.807) is 0 Å². The van der Waals surface area contributed by atoms with Crippen molar-refractivity contribution in [1.82, 2.24) is 4.72 Å². The maximum absolute atomic E-state index is 13.0. The van der Waals surface area contributed by atoms with Crippen LogP contribution in [-0.4, -0.2) is 15.0 Å². The number of nitrogen functional groups attached to an aromatic ring is 1. The summed E-state index contributed by atoms with van der Waals surface area (Å²) in [5.41, 5.74) is 5.26. The molecule has 1 aromatic rings. The summed E-state index contributed by atoms with van der Waals surface area (Å²) in [7, 11) is -3.62. The van der Waals surface area contributed by atoms with E-state index in [1.165, 1.54) is 6.07 Å². The van der Waals surface area contributed by atoms with Gasteiger partial charge in [0.05, 0.1) is 10.6 Å². The van der Waals surface area contributed by atoms with Crippen LogP contribution in [0.3, 0.4) is 0 Å². The molecule has 6 heteroatoms. The van der Waals surface area contributed by atoms with Gasteiger partial charge in [-0.25, -0.2) is 17.5 Å². The van der Waals surface area contributed by atoms with E-state index >= 15 is 0 Å². The molecule has 0 aliphatic heterocycles. The third kappa shape index (κ3) is 3.25. The second-order valence-electron chi connectivity index (χ2n) is 5.53. The highest BCUT2D eigenvalue weighted by Gasteiger charge is 2.30. The van der Waals surface area contributed by atoms with Gasteiger partial charge in [-0.1, -0.05) is 19.8 Å². The van der Waals surface area contributed by atoms with Crippen molar-refractivity contribution in [2.45, 2.75) is 37.5 Å². The van der Waals surface area contributed by atoms with Gasteiger partial charge in [-0.2, -0.15) is 0 Å². The third-order valence-corrected chi connectivity index (χ3v) is 5.18. The average Bonchev–Trinajstić information content (AvgIpc) is 2.78. The van der Waals surface area contributed by atoms with Crippen LogP contribution in [0.5, 0.6) is 0 Å². The quantitative estimate of drug-likeness (QED) is 0.834. The van der Waals surface area contributed by atoms with Crippen LogP contribution < -0.4 is 10.5 Å². The van der Waals surface area contributed by atoms with Gasteiger partial charge in [0.1, 0.15) is 5.82 Å². The molecule has 0 atom stereocenters. The van der Waals surface area contributed by atoms with Gasteiger partial charge in [0, 0.05) is 6.54 Å². The van der Waals surface area contributed by atoms with Gasteiger partial charge in [0.15, 0.2) is 0 Å². The molecule has 3 N–H and O–H groups in total. The lowest BCUT2D eigenvalue weighted by Crippen LogP contribution is -2.34. The minimum absolute atomic E-state index is 0.00740. The maximum atomic E-state index is 13.0. The molecule has 0 unspecified atom stereocenters. The Hall–Kier alpha value is -1.14. The van der Waals surface area contributed by atoms with Gasteiger partial charge >= 0.3 is 0 Å². The van der Waals surface area contributed by atoms with Crippen LogP contribution in [0.15, 0.2) is 23.1 Å². The number of nitrogens with one attached hydrogen (secondary N) is 1. The number of nitrogens with two attached hydrogens (primary N) is 1. The first kappa shape index (κ1) is 14.3. The highest BCUT2D eigenvalue weighted by molar-refractivity contribution is 7.89. The zero-order valence-corrected chi connectivity index (χ0v) is 11.8. The monoisotopic (exact) mass is 286 g/mol.